The van der Waals surface area contributed by atoms with Gasteiger partial charge in [-0.05, 0) is 50.5 Å². The molecule has 2 N–H and O–H groups in total. The second kappa shape index (κ2) is 9.08. The number of carbonyl (C=O) groups is 1. The van der Waals surface area contributed by atoms with Crippen molar-refractivity contribution in [1.29, 1.82) is 0 Å². The fraction of sp³-hybridized carbons (Fsp3) is 0.417. The third-order valence-electron chi connectivity index (χ3n) is 6.11. The van der Waals surface area contributed by atoms with Crippen LogP contribution in [0.25, 0.3) is 11.0 Å². The van der Waals surface area contributed by atoms with Gasteiger partial charge in [0.2, 0.25) is 5.91 Å². The van der Waals surface area contributed by atoms with Gasteiger partial charge < -0.3 is 15.5 Å². The second-order valence-electron chi connectivity index (χ2n) is 8.70. The Morgan fingerprint density at radius 3 is 2.71 bits per heavy atom. The summed E-state index contributed by atoms with van der Waals surface area (Å²) in [6.07, 6.45) is -1.84. The van der Waals surface area contributed by atoms with Gasteiger partial charge in [-0.2, -0.15) is 13.2 Å². The van der Waals surface area contributed by atoms with Gasteiger partial charge in [-0.3, -0.25) is 4.79 Å². The maximum atomic E-state index is 13.4. The first-order chi connectivity index (χ1) is 16.0. The number of anilines is 2. The fourth-order valence-electron chi connectivity index (χ4n) is 4.51. The summed E-state index contributed by atoms with van der Waals surface area (Å²) < 4.78 is 40.2. The zero-order chi connectivity index (χ0) is 24.6. The summed E-state index contributed by atoms with van der Waals surface area (Å²) in [5.41, 5.74) is 1.46. The standard InChI is InChI=1S/C24H27F3N6O/c1-13-19(6-5-7-21(13)24(25,26)27)14(2)29-23-20-10-18(11-28-22(20)30-15(3)31-23)33-9-8-17(12-33)32-16(4)34/h5-7,10-11,14,17H,8-9,12H2,1-4H3,(H,32,34)(H,28,29,30,31)/t14?,17-/m1/s1. The average molecular weight is 473 g/mol. The molecule has 10 heteroatoms. The van der Waals surface area contributed by atoms with Crippen molar-refractivity contribution >= 4 is 28.4 Å². The van der Waals surface area contributed by atoms with E-state index in [9.17, 15) is 18.0 Å². The molecule has 1 aromatic carbocycles. The minimum Gasteiger partial charge on any atom is -0.368 e. The number of aryl methyl sites for hydroxylation is 1. The molecule has 1 amide bonds. The van der Waals surface area contributed by atoms with E-state index >= 15 is 0 Å². The van der Waals surface area contributed by atoms with E-state index in [2.05, 4.69) is 30.5 Å². The Morgan fingerprint density at radius 2 is 2.00 bits per heavy atom. The Morgan fingerprint density at radius 1 is 1.24 bits per heavy atom. The Hall–Kier alpha value is -3.43. The minimum absolute atomic E-state index is 0.0577. The molecule has 0 spiro atoms. The molecule has 2 atom stereocenters. The van der Waals surface area contributed by atoms with E-state index in [0.29, 0.717) is 34.8 Å². The zero-order valence-electron chi connectivity index (χ0n) is 19.5. The van der Waals surface area contributed by atoms with Crippen LogP contribution in [0.2, 0.25) is 0 Å². The molecule has 180 valence electrons. The summed E-state index contributed by atoms with van der Waals surface area (Å²) in [6.45, 7) is 7.99. The van der Waals surface area contributed by atoms with E-state index < -0.39 is 17.8 Å². The maximum Gasteiger partial charge on any atom is 0.416 e. The number of nitrogens with one attached hydrogen (secondary N) is 2. The Kier molecular flexibility index (Phi) is 6.33. The van der Waals surface area contributed by atoms with E-state index in [4.69, 9.17) is 0 Å². The van der Waals surface area contributed by atoms with E-state index in [1.165, 1.54) is 19.9 Å². The number of aromatic nitrogens is 3. The second-order valence-corrected chi connectivity index (χ2v) is 8.70. The van der Waals surface area contributed by atoms with Crippen LogP contribution in [-0.2, 0) is 11.0 Å². The number of nitrogens with zero attached hydrogens (tertiary/aromatic N) is 4. The highest BCUT2D eigenvalue weighted by Gasteiger charge is 2.33. The van der Waals surface area contributed by atoms with Crippen LogP contribution in [0.1, 0.15) is 48.8 Å². The predicted molar refractivity (Wildman–Crippen MR) is 125 cm³/mol. The minimum atomic E-state index is -4.42. The number of benzene rings is 1. The summed E-state index contributed by atoms with van der Waals surface area (Å²) in [5, 5.41) is 6.91. The molecule has 0 radical (unpaired) electrons. The van der Waals surface area contributed by atoms with Crippen molar-refractivity contribution in [3.63, 3.8) is 0 Å². The molecule has 1 saturated heterocycles. The molecule has 3 aromatic rings. The molecule has 0 aliphatic carbocycles. The molecule has 3 heterocycles. The van der Waals surface area contributed by atoms with Crippen LogP contribution in [0.5, 0.6) is 0 Å². The van der Waals surface area contributed by atoms with Crippen molar-refractivity contribution < 1.29 is 18.0 Å². The van der Waals surface area contributed by atoms with Gasteiger partial charge in [-0.25, -0.2) is 15.0 Å². The number of hydrogen-bond donors (Lipinski definition) is 2. The molecule has 34 heavy (non-hydrogen) atoms. The first kappa shape index (κ1) is 23.7. The van der Waals surface area contributed by atoms with Crippen molar-refractivity contribution in [2.45, 2.75) is 52.4 Å². The molecule has 1 aliphatic heterocycles. The lowest BCUT2D eigenvalue weighted by Gasteiger charge is -2.22. The Bertz CT molecular complexity index is 1230. The molecule has 1 fully saturated rings. The lowest BCUT2D eigenvalue weighted by atomic mass is 9.97. The van der Waals surface area contributed by atoms with Crippen LogP contribution < -0.4 is 15.5 Å². The molecule has 0 saturated carbocycles. The molecular formula is C24H27F3N6O. The fourth-order valence-corrected chi connectivity index (χ4v) is 4.51. The molecule has 2 aromatic heterocycles. The van der Waals surface area contributed by atoms with Crippen molar-refractivity contribution in [2.75, 3.05) is 23.3 Å². The highest BCUT2D eigenvalue weighted by molar-refractivity contribution is 5.89. The van der Waals surface area contributed by atoms with Crippen LogP contribution in [-0.4, -0.2) is 40.0 Å². The third-order valence-corrected chi connectivity index (χ3v) is 6.11. The quantitative estimate of drug-likeness (QED) is 0.567. The van der Waals surface area contributed by atoms with Crippen molar-refractivity contribution in [3.05, 3.63) is 53.0 Å². The van der Waals surface area contributed by atoms with Crippen molar-refractivity contribution in [2.24, 2.45) is 0 Å². The first-order valence-electron chi connectivity index (χ1n) is 11.1. The average Bonchev–Trinajstić information content (AvgIpc) is 3.20. The van der Waals surface area contributed by atoms with Gasteiger partial charge in [0, 0.05) is 26.1 Å². The number of alkyl halides is 3. The van der Waals surface area contributed by atoms with E-state index in [1.807, 2.05) is 13.0 Å². The summed E-state index contributed by atoms with van der Waals surface area (Å²) >= 11 is 0. The third kappa shape index (κ3) is 4.90. The van der Waals surface area contributed by atoms with Gasteiger partial charge in [0.15, 0.2) is 5.65 Å². The number of hydrogen-bond acceptors (Lipinski definition) is 6. The van der Waals surface area contributed by atoms with Gasteiger partial charge in [0.05, 0.1) is 28.9 Å². The summed E-state index contributed by atoms with van der Waals surface area (Å²) in [5.74, 6) is 0.964. The highest BCUT2D eigenvalue weighted by Crippen LogP contribution is 2.36. The van der Waals surface area contributed by atoms with Crippen LogP contribution in [0.4, 0.5) is 24.7 Å². The van der Waals surface area contributed by atoms with E-state index in [0.717, 1.165) is 24.7 Å². The van der Waals surface area contributed by atoms with Gasteiger partial charge in [0.25, 0.3) is 0 Å². The van der Waals surface area contributed by atoms with Crippen LogP contribution in [0.15, 0.2) is 30.5 Å². The normalized spacial score (nSPS) is 17.1. The van der Waals surface area contributed by atoms with Crippen LogP contribution in [0, 0.1) is 13.8 Å². The number of pyridine rings is 1. The lowest BCUT2D eigenvalue weighted by Crippen LogP contribution is -2.35. The SMILES string of the molecule is CC(=O)N[C@@H]1CCN(c2cnc3nc(C)nc(NC(C)c4cccc(C(F)(F)F)c4C)c3c2)C1. The monoisotopic (exact) mass is 472 g/mol. The highest BCUT2D eigenvalue weighted by atomic mass is 19.4. The summed E-state index contributed by atoms with van der Waals surface area (Å²) in [7, 11) is 0. The molecular weight excluding hydrogens is 445 g/mol. The zero-order valence-corrected chi connectivity index (χ0v) is 19.5. The Balaban J connectivity index is 1.65. The molecule has 0 bridgehead atoms. The van der Waals surface area contributed by atoms with Gasteiger partial charge in [-0.1, -0.05) is 12.1 Å². The molecule has 1 unspecified atom stereocenters. The Labute approximate surface area is 195 Å². The predicted octanol–water partition coefficient (Wildman–Crippen LogP) is 4.55. The van der Waals surface area contributed by atoms with Gasteiger partial charge in [0.1, 0.15) is 11.6 Å². The lowest BCUT2D eigenvalue weighted by molar-refractivity contribution is -0.138. The molecule has 1 aliphatic rings. The first-order valence-corrected chi connectivity index (χ1v) is 11.1. The van der Waals surface area contributed by atoms with E-state index in [1.54, 1.807) is 19.2 Å². The van der Waals surface area contributed by atoms with Crippen LogP contribution >= 0.6 is 0 Å². The summed E-state index contributed by atoms with van der Waals surface area (Å²) in [4.78, 5) is 27.0. The van der Waals surface area contributed by atoms with E-state index in [-0.39, 0.29) is 17.5 Å². The number of halogens is 3. The maximum absolute atomic E-state index is 13.4. The van der Waals surface area contributed by atoms with Crippen LogP contribution in [0.3, 0.4) is 0 Å². The number of rotatable bonds is 5. The molecule has 7 nitrogen and oxygen atoms in total. The van der Waals surface area contributed by atoms with Gasteiger partial charge >= 0.3 is 6.18 Å². The molecule has 4 rings (SSSR count). The van der Waals surface area contributed by atoms with Crippen molar-refractivity contribution in [1.82, 2.24) is 20.3 Å². The number of carbonyl (C=O) groups excluding carboxylic acids is 1. The number of fused-ring (bicyclic) bond motifs is 1. The van der Waals surface area contributed by atoms with Gasteiger partial charge in [-0.15, -0.1) is 0 Å². The van der Waals surface area contributed by atoms with Crippen molar-refractivity contribution in [3.8, 4) is 0 Å². The smallest absolute Gasteiger partial charge is 0.368 e. The summed E-state index contributed by atoms with van der Waals surface area (Å²) in [6, 6.07) is 5.78. The largest absolute Gasteiger partial charge is 0.416 e. The topological polar surface area (TPSA) is 83.0 Å². The number of amides is 1.